The maximum absolute atomic E-state index is 12.3. The fraction of sp³-hybridized carbons (Fsp3) is 0.417. The van der Waals surface area contributed by atoms with Crippen molar-refractivity contribution in [1.29, 1.82) is 0 Å². The normalized spacial score (nSPS) is 20.2. The molecule has 1 atom stereocenters. The molecular formula is C12H13BrINO. The van der Waals surface area contributed by atoms with Crippen molar-refractivity contribution < 1.29 is 4.79 Å². The van der Waals surface area contributed by atoms with E-state index in [2.05, 4.69) is 45.4 Å². The Labute approximate surface area is 118 Å². The summed E-state index contributed by atoms with van der Waals surface area (Å²) in [6.07, 6.45) is 1.12. The lowest BCUT2D eigenvalue weighted by Gasteiger charge is -2.16. The summed E-state index contributed by atoms with van der Waals surface area (Å²) in [5.74, 6) is 0.778. The molecular weight excluding hydrogens is 381 g/mol. The van der Waals surface area contributed by atoms with Crippen LogP contribution < -0.4 is 0 Å². The van der Waals surface area contributed by atoms with Gasteiger partial charge in [0.2, 0.25) is 0 Å². The second-order valence-corrected chi connectivity index (χ2v) is 6.37. The van der Waals surface area contributed by atoms with Crippen LogP contribution in [0.4, 0.5) is 0 Å². The second-order valence-electron chi connectivity index (χ2n) is 4.27. The molecule has 1 unspecified atom stereocenters. The number of nitrogens with zero attached hydrogens (tertiary/aromatic N) is 1. The van der Waals surface area contributed by atoms with Gasteiger partial charge in [-0.15, -0.1) is 0 Å². The molecule has 2 nitrogen and oxygen atoms in total. The summed E-state index contributed by atoms with van der Waals surface area (Å²) in [6, 6.07) is 5.87. The molecule has 0 saturated carbocycles. The molecule has 1 aliphatic heterocycles. The molecule has 4 heteroatoms. The molecule has 1 saturated heterocycles. The van der Waals surface area contributed by atoms with Crippen LogP contribution in [0.3, 0.4) is 0 Å². The molecule has 0 aliphatic carbocycles. The second kappa shape index (κ2) is 5.04. The highest BCUT2D eigenvalue weighted by atomic mass is 127. The lowest BCUT2D eigenvalue weighted by molar-refractivity contribution is 0.0787. The van der Waals surface area contributed by atoms with Crippen molar-refractivity contribution in [3.63, 3.8) is 0 Å². The van der Waals surface area contributed by atoms with E-state index < -0.39 is 0 Å². The van der Waals surface area contributed by atoms with Crippen LogP contribution in [-0.2, 0) is 0 Å². The zero-order valence-corrected chi connectivity index (χ0v) is 12.8. The average molecular weight is 394 g/mol. The maximum atomic E-state index is 12.3. The van der Waals surface area contributed by atoms with Crippen LogP contribution >= 0.6 is 38.5 Å². The standard InChI is InChI=1S/C12H13BrINO/c1-8-4-5-15(7-8)12(16)10-6-9(14)2-3-11(10)13/h2-3,6,8H,4-5,7H2,1H3. The smallest absolute Gasteiger partial charge is 0.255 e. The highest BCUT2D eigenvalue weighted by Gasteiger charge is 2.25. The molecule has 1 heterocycles. The summed E-state index contributed by atoms with van der Waals surface area (Å²) in [5.41, 5.74) is 0.779. The summed E-state index contributed by atoms with van der Waals surface area (Å²) in [6.45, 7) is 3.96. The van der Waals surface area contributed by atoms with E-state index in [1.165, 1.54) is 0 Å². The first-order chi connectivity index (χ1) is 7.58. The number of benzene rings is 1. The van der Waals surface area contributed by atoms with Crippen LogP contribution in [0.1, 0.15) is 23.7 Å². The summed E-state index contributed by atoms with van der Waals surface area (Å²) in [7, 11) is 0. The van der Waals surface area contributed by atoms with Crippen molar-refractivity contribution >= 4 is 44.4 Å². The van der Waals surface area contributed by atoms with Crippen molar-refractivity contribution in [2.24, 2.45) is 5.92 Å². The Morgan fingerprint density at radius 3 is 2.94 bits per heavy atom. The minimum atomic E-state index is 0.148. The lowest BCUT2D eigenvalue weighted by Crippen LogP contribution is -2.28. The fourth-order valence-electron chi connectivity index (χ4n) is 1.95. The van der Waals surface area contributed by atoms with Crippen LogP contribution in [-0.4, -0.2) is 23.9 Å². The van der Waals surface area contributed by atoms with E-state index in [4.69, 9.17) is 0 Å². The third-order valence-corrected chi connectivity index (χ3v) is 4.23. The van der Waals surface area contributed by atoms with Crippen molar-refractivity contribution in [2.75, 3.05) is 13.1 Å². The number of amides is 1. The molecule has 1 amide bonds. The van der Waals surface area contributed by atoms with Crippen LogP contribution in [0.15, 0.2) is 22.7 Å². The van der Waals surface area contributed by atoms with E-state index >= 15 is 0 Å². The van der Waals surface area contributed by atoms with E-state index in [0.29, 0.717) is 5.92 Å². The summed E-state index contributed by atoms with van der Waals surface area (Å²) < 4.78 is 1.98. The number of hydrogen-bond donors (Lipinski definition) is 0. The van der Waals surface area contributed by atoms with Gasteiger partial charge >= 0.3 is 0 Å². The van der Waals surface area contributed by atoms with Gasteiger partial charge in [-0.3, -0.25) is 4.79 Å². The average Bonchev–Trinajstić information content (AvgIpc) is 2.67. The summed E-state index contributed by atoms with van der Waals surface area (Å²) in [4.78, 5) is 14.2. The molecule has 2 rings (SSSR count). The lowest BCUT2D eigenvalue weighted by atomic mass is 10.2. The molecule has 1 aromatic carbocycles. The zero-order chi connectivity index (χ0) is 11.7. The third-order valence-electron chi connectivity index (χ3n) is 2.87. The third kappa shape index (κ3) is 2.59. The Bertz CT molecular complexity index is 421. The van der Waals surface area contributed by atoms with Gasteiger partial charge in [-0.25, -0.2) is 0 Å². The molecule has 16 heavy (non-hydrogen) atoms. The predicted molar refractivity (Wildman–Crippen MR) is 76.5 cm³/mol. The van der Waals surface area contributed by atoms with Crippen molar-refractivity contribution in [3.8, 4) is 0 Å². The van der Waals surface area contributed by atoms with Gasteiger partial charge in [0, 0.05) is 21.1 Å². The van der Waals surface area contributed by atoms with Gasteiger partial charge in [0.25, 0.3) is 5.91 Å². The minimum absolute atomic E-state index is 0.148. The maximum Gasteiger partial charge on any atom is 0.255 e. The molecule has 0 bridgehead atoms. The first kappa shape index (κ1) is 12.4. The molecule has 0 spiro atoms. The van der Waals surface area contributed by atoms with Crippen molar-refractivity contribution in [3.05, 3.63) is 31.8 Å². The first-order valence-electron chi connectivity index (χ1n) is 5.32. The Kier molecular flexibility index (Phi) is 3.89. The molecule has 1 aliphatic rings. The van der Waals surface area contributed by atoms with Gasteiger partial charge in [-0.05, 0) is 69.1 Å². The van der Waals surface area contributed by atoms with Crippen LogP contribution in [0, 0.1) is 9.49 Å². The van der Waals surface area contributed by atoms with E-state index in [1.54, 1.807) is 0 Å². The van der Waals surface area contributed by atoms with Crippen LogP contribution in [0.5, 0.6) is 0 Å². The topological polar surface area (TPSA) is 20.3 Å². The highest BCUT2D eigenvalue weighted by Crippen LogP contribution is 2.24. The number of rotatable bonds is 1. The quantitative estimate of drug-likeness (QED) is 0.668. The molecule has 0 N–H and O–H groups in total. The number of carbonyl (C=O) groups excluding carboxylic acids is 1. The Hall–Kier alpha value is -0.100. The van der Waals surface area contributed by atoms with E-state index in [9.17, 15) is 4.79 Å². The fourth-order valence-corrected chi connectivity index (χ4v) is 2.86. The Morgan fingerprint density at radius 1 is 1.56 bits per heavy atom. The van der Waals surface area contributed by atoms with Gasteiger partial charge in [-0.2, -0.15) is 0 Å². The largest absolute Gasteiger partial charge is 0.338 e. The van der Waals surface area contributed by atoms with E-state index in [1.807, 2.05) is 23.1 Å². The van der Waals surface area contributed by atoms with Gasteiger partial charge in [0.1, 0.15) is 0 Å². The van der Waals surface area contributed by atoms with Crippen molar-refractivity contribution in [2.45, 2.75) is 13.3 Å². The Morgan fingerprint density at radius 2 is 2.31 bits per heavy atom. The molecule has 0 radical (unpaired) electrons. The number of hydrogen-bond acceptors (Lipinski definition) is 1. The minimum Gasteiger partial charge on any atom is -0.338 e. The van der Waals surface area contributed by atoms with Crippen molar-refractivity contribution in [1.82, 2.24) is 4.90 Å². The van der Waals surface area contributed by atoms with Gasteiger partial charge in [0.05, 0.1) is 5.56 Å². The Balaban J connectivity index is 2.23. The zero-order valence-electron chi connectivity index (χ0n) is 9.04. The number of likely N-dealkylation sites (tertiary alicyclic amines) is 1. The predicted octanol–water partition coefficient (Wildman–Crippen LogP) is 3.54. The highest BCUT2D eigenvalue weighted by molar-refractivity contribution is 14.1. The monoisotopic (exact) mass is 393 g/mol. The first-order valence-corrected chi connectivity index (χ1v) is 7.19. The molecule has 1 aromatic rings. The summed E-state index contributed by atoms with van der Waals surface area (Å²) in [5, 5.41) is 0. The number of halogens is 2. The van der Waals surface area contributed by atoms with Gasteiger partial charge in [-0.1, -0.05) is 6.92 Å². The molecule has 1 fully saturated rings. The summed E-state index contributed by atoms with van der Waals surface area (Å²) >= 11 is 5.67. The SMILES string of the molecule is CC1CCN(C(=O)c2cc(I)ccc2Br)C1. The molecule has 0 aromatic heterocycles. The van der Waals surface area contributed by atoms with E-state index in [-0.39, 0.29) is 5.91 Å². The van der Waals surface area contributed by atoms with Gasteiger partial charge in [0.15, 0.2) is 0 Å². The van der Waals surface area contributed by atoms with E-state index in [0.717, 1.165) is 33.1 Å². The van der Waals surface area contributed by atoms with Crippen LogP contribution in [0.2, 0.25) is 0 Å². The molecule has 86 valence electrons. The van der Waals surface area contributed by atoms with Crippen LogP contribution in [0.25, 0.3) is 0 Å². The number of carbonyl (C=O) groups is 1. The van der Waals surface area contributed by atoms with Gasteiger partial charge < -0.3 is 4.90 Å².